The van der Waals surface area contributed by atoms with Gasteiger partial charge in [-0.15, -0.1) is 11.6 Å². The van der Waals surface area contributed by atoms with Crippen LogP contribution < -0.4 is 5.32 Å². The van der Waals surface area contributed by atoms with Crippen LogP contribution in [0, 0.1) is 0 Å². The largest absolute Gasteiger partial charge is 0.423 e. The van der Waals surface area contributed by atoms with Crippen LogP contribution in [0.1, 0.15) is 5.56 Å². The number of fused-ring (bicyclic) bond motifs is 1. The standard InChI is InChI=1S/C18H15ClN4O/c19-8-7-12-1-3-13(4-2-12)17-11-20-18(24-17)22-15-5-6-16-14(9-15)10-21-23-16/h1-6,9-11H,7-8H2,(H,20,22)(H,21,23). The molecule has 0 saturated heterocycles. The normalized spacial score (nSPS) is 11.0. The quantitative estimate of drug-likeness (QED) is 0.516. The van der Waals surface area contributed by atoms with Gasteiger partial charge in [-0.3, -0.25) is 5.10 Å². The van der Waals surface area contributed by atoms with Gasteiger partial charge in [0.15, 0.2) is 5.76 Å². The maximum absolute atomic E-state index is 5.80. The van der Waals surface area contributed by atoms with Gasteiger partial charge in [0, 0.05) is 22.5 Å². The summed E-state index contributed by atoms with van der Waals surface area (Å²) < 4.78 is 5.80. The molecule has 2 aromatic carbocycles. The number of hydrogen-bond acceptors (Lipinski definition) is 4. The SMILES string of the molecule is ClCCc1ccc(-c2cnc(Nc3ccc4[nH]ncc4c3)o2)cc1. The van der Waals surface area contributed by atoms with Crippen LogP contribution in [0.15, 0.2) is 59.3 Å². The van der Waals surface area contributed by atoms with Gasteiger partial charge in [-0.2, -0.15) is 5.10 Å². The van der Waals surface area contributed by atoms with Gasteiger partial charge < -0.3 is 9.73 Å². The lowest BCUT2D eigenvalue weighted by atomic mass is 10.1. The molecule has 0 bridgehead atoms. The Morgan fingerprint density at radius 3 is 2.79 bits per heavy atom. The number of nitrogens with one attached hydrogen (secondary N) is 2. The minimum atomic E-state index is 0.456. The molecule has 6 heteroatoms. The van der Waals surface area contributed by atoms with Gasteiger partial charge in [0.1, 0.15) is 0 Å². The molecule has 2 heterocycles. The Hall–Kier alpha value is -2.79. The first-order valence-electron chi connectivity index (χ1n) is 7.63. The predicted octanol–water partition coefficient (Wildman–Crippen LogP) is 4.74. The highest BCUT2D eigenvalue weighted by molar-refractivity contribution is 6.17. The van der Waals surface area contributed by atoms with Crippen LogP contribution in [0.3, 0.4) is 0 Å². The average Bonchev–Trinajstić information content (AvgIpc) is 3.25. The van der Waals surface area contributed by atoms with E-state index in [1.165, 1.54) is 5.56 Å². The number of anilines is 2. The molecule has 5 nitrogen and oxygen atoms in total. The topological polar surface area (TPSA) is 66.7 Å². The number of alkyl halides is 1. The van der Waals surface area contributed by atoms with Gasteiger partial charge >= 0.3 is 0 Å². The number of H-pyrrole nitrogens is 1. The third kappa shape index (κ3) is 2.98. The number of halogens is 1. The van der Waals surface area contributed by atoms with E-state index in [2.05, 4.69) is 32.6 Å². The first kappa shape index (κ1) is 14.8. The fourth-order valence-electron chi connectivity index (χ4n) is 2.55. The first-order valence-corrected chi connectivity index (χ1v) is 8.16. The molecular weight excluding hydrogens is 324 g/mol. The lowest BCUT2D eigenvalue weighted by Gasteiger charge is -2.02. The molecule has 0 saturated carbocycles. The molecule has 120 valence electrons. The Labute approximate surface area is 143 Å². The number of rotatable bonds is 5. The van der Waals surface area contributed by atoms with E-state index in [0.29, 0.717) is 11.9 Å². The Morgan fingerprint density at radius 2 is 1.96 bits per heavy atom. The third-order valence-electron chi connectivity index (χ3n) is 3.82. The molecule has 4 rings (SSSR count). The Balaban J connectivity index is 1.53. The van der Waals surface area contributed by atoms with Crippen LogP contribution >= 0.6 is 11.6 Å². The van der Waals surface area contributed by atoms with Crippen molar-refractivity contribution in [1.82, 2.24) is 15.2 Å². The zero-order chi connectivity index (χ0) is 16.4. The predicted molar refractivity (Wildman–Crippen MR) is 95.7 cm³/mol. The van der Waals surface area contributed by atoms with E-state index in [1.807, 2.05) is 30.3 Å². The van der Waals surface area contributed by atoms with Crippen LogP contribution in [-0.4, -0.2) is 21.1 Å². The third-order valence-corrected chi connectivity index (χ3v) is 4.01. The smallest absolute Gasteiger partial charge is 0.299 e. The molecule has 0 atom stereocenters. The monoisotopic (exact) mass is 338 g/mol. The second kappa shape index (κ2) is 6.37. The van der Waals surface area contributed by atoms with E-state index < -0.39 is 0 Å². The van der Waals surface area contributed by atoms with E-state index in [4.69, 9.17) is 16.0 Å². The summed E-state index contributed by atoms with van der Waals surface area (Å²) in [5, 5.41) is 11.1. The minimum Gasteiger partial charge on any atom is -0.423 e. The van der Waals surface area contributed by atoms with Gasteiger partial charge in [0.25, 0.3) is 6.01 Å². The molecular formula is C18H15ClN4O. The van der Waals surface area contributed by atoms with Crippen molar-refractivity contribution >= 4 is 34.2 Å². The number of benzene rings is 2. The summed E-state index contributed by atoms with van der Waals surface area (Å²) in [5.74, 6) is 1.34. The lowest BCUT2D eigenvalue weighted by Crippen LogP contribution is -1.89. The molecule has 0 aliphatic rings. The van der Waals surface area contributed by atoms with Crippen molar-refractivity contribution < 1.29 is 4.42 Å². The van der Waals surface area contributed by atoms with Crippen molar-refractivity contribution in [2.24, 2.45) is 0 Å². The summed E-state index contributed by atoms with van der Waals surface area (Å²) in [6.45, 7) is 0. The van der Waals surface area contributed by atoms with E-state index in [-0.39, 0.29) is 0 Å². The number of aryl methyl sites for hydroxylation is 1. The maximum atomic E-state index is 5.80. The van der Waals surface area contributed by atoms with Crippen LogP contribution in [0.5, 0.6) is 0 Å². The summed E-state index contributed by atoms with van der Waals surface area (Å²) in [6.07, 6.45) is 4.36. The molecule has 2 aromatic heterocycles. The van der Waals surface area contributed by atoms with E-state index in [0.717, 1.165) is 34.3 Å². The van der Waals surface area contributed by atoms with Gasteiger partial charge in [0.2, 0.25) is 0 Å². The second-order valence-corrected chi connectivity index (χ2v) is 5.84. The average molecular weight is 339 g/mol. The highest BCUT2D eigenvalue weighted by atomic mass is 35.5. The highest BCUT2D eigenvalue weighted by Crippen LogP contribution is 2.26. The Kier molecular flexibility index (Phi) is 3.92. The maximum Gasteiger partial charge on any atom is 0.299 e. The van der Waals surface area contributed by atoms with Crippen LogP contribution in [0.25, 0.3) is 22.2 Å². The van der Waals surface area contributed by atoms with Gasteiger partial charge in [-0.1, -0.05) is 24.3 Å². The number of nitrogens with zero attached hydrogens (tertiary/aromatic N) is 2. The Morgan fingerprint density at radius 1 is 1.08 bits per heavy atom. The summed E-state index contributed by atoms with van der Waals surface area (Å²) in [6, 6.07) is 14.5. The van der Waals surface area contributed by atoms with E-state index in [9.17, 15) is 0 Å². The molecule has 4 aromatic rings. The summed E-state index contributed by atoms with van der Waals surface area (Å²) in [4.78, 5) is 4.29. The zero-order valence-electron chi connectivity index (χ0n) is 12.8. The molecule has 0 fully saturated rings. The fourth-order valence-corrected chi connectivity index (χ4v) is 2.77. The zero-order valence-corrected chi connectivity index (χ0v) is 13.5. The molecule has 0 radical (unpaired) electrons. The van der Waals surface area contributed by atoms with Crippen LogP contribution in [0.2, 0.25) is 0 Å². The van der Waals surface area contributed by atoms with Crippen molar-refractivity contribution in [2.75, 3.05) is 11.2 Å². The fraction of sp³-hybridized carbons (Fsp3) is 0.111. The van der Waals surface area contributed by atoms with E-state index in [1.54, 1.807) is 12.4 Å². The lowest BCUT2D eigenvalue weighted by molar-refractivity contribution is 0.592. The second-order valence-electron chi connectivity index (χ2n) is 5.46. The summed E-state index contributed by atoms with van der Waals surface area (Å²) in [7, 11) is 0. The summed E-state index contributed by atoms with van der Waals surface area (Å²) >= 11 is 5.76. The van der Waals surface area contributed by atoms with Crippen molar-refractivity contribution in [3.8, 4) is 11.3 Å². The number of aromatic nitrogens is 3. The van der Waals surface area contributed by atoms with Crippen LogP contribution in [0.4, 0.5) is 11.7 Å². The number of aromatic amines is 1. The van der Waals surface area contributed by atoms with Gasteiger partial charge in [0.05, 0.1) is 17.9 Å². The molecule has 0 unspecified atom stereocenters. The highest BCUT2D eigenvalue weighted by Gasteiger charge is 2.07. The first-order chi connectivity index (χ1) is 11.8. The Bertz CT molecular complexity index is 958. The number of hydrogen-bond donors (Lipinski definition) is 2. The molecule has 2 N–H and O–H groups in total. The van der Waals surface area contributed by atoms with Gasteiger partial charge in [-0.25, -0.2) is 4.98 Å². The van der Waals surface area contributed by atoms with Gasteiger partial charge in [-0.05, 0) is 30.2 Å². The molecule has 24 heavy (non-hydrogen) atoms. The minimum absolute atomic E-state index is 0.456. The molecule has 0 aliphatic heterocycles. The molecule has 0 spiro atoms. The number of oxazole rings is 1. The summed E-state index contributed by atoms with van der Waals surface area (Å²) in [5.41, 5.74) is 4.08. The van der Waals surface area contributed by atoms with E-state index >= 15 is 0 Å². The van der Waals surface area contributed by atoms with Crippen molar-refractivity contribution in [3.05, 3.63) is 60.4 Å². The van der Waals surface area contributed by atoms with Crippen molar-refractivity contribution in [2.45, 2.75) is 6.42 Å². The van der Waals surface area contributed by atoms with Crippen molar-refractivity contribution in [1.29, 1.82) is 0 Å². The molecule has 0 amide bonds. The molecule has 0 aliphatic carbocycles. The van der Waals surface area contributed by atoms with Crippen molar-refractivity contribution in [3.63, 3.8) is 0 Å². The van der Waals surface area contributed by atoms with Crippen LogP contribution in [-0.2, 0) is 6.42 Å².